The molecule has 9 nitrogen and oxygen atoms in total. The van der Waals surface area contributed by atoms with Crippen LogP contribution >= 0.6 is 0 Å². The molecule has 0 bridgehead atoms. The monoisotopic (exact) mass is 494 g/mol. The van der Waals surface area contributed by atoms with Gasteiger partial charge in [0.05, 0.1) is 5.56 Å². The number of amides is 1. The second-order valence-corrected chi connectivity index (χ2v) is 8.35. The Hall–Kier alpha value is -3.28. The Morgan fingerprint density at radius 1 is 1.20 bits per heavy atom. The maximum absolute atomic E-state index is 12.0. The fourth-order valence-electron chi connectivity index (χ4n) is 3.86. The van der Waals surface area contributed by atoms with Crippen molar-refractivity contribution in [3.05, 3.63) is 47.2 Å². The summed E-state index contributed by atoms with van der Waals surface area (Å²) in [4.78, 5) is 37.2. The number of rotatable bonds is 5. The van der Waals surface area contributed by atoms with Crippen LogP contribution in [0.2, 0.25) is 0 Å². The molecule has 35 heavy (non-hydrogen) atoms. The van der Waals surface area contributed by atoms with Crippen molar-refractivity contribution in [2.75, 3.05) is 31.1 Å². The van der Waals surface area contributed by atoms with Gasteiger partial charge >= 0.3 is 12.1 Å². The van der Waals surface area contributed by atoms with Crippen molar-refractivity contribution in [2.24, 2.45) is 0 Å². The predicted octanol–water partition coefficient (Wildman–Crippen LogP) is 2.67. The number of alkyl halides is 3. The Morgan fingerprint density at radius 3 is 2.51 bits per heavy atom. The van der Waals surface area contributed by atoms with Gasteiger partial charge in [-0.3, -0.25) is 4.79 Å². The summed E-state index contributed by atoms with van der Waals surface area (Å²) in [5.74, 6) is -0.471. The summed E-state index contributed by atoms with van der Waals surface area (Å²) >= 11 is 0. The summed E-state index contributed by atoms with van der Waals surface area (Å²) < 4.78 is 31.7. The number of fused-ring (bicyclic) bond motifs is 1. The van der Waals surface area contributed by atoms with E-state index in [1.54, 1.807) is 6.20 Å². The van der Waals surface area contributed by atoms with Gasteiger partial charge in [0.25, 0.3) is 5.91 Å². The lowest BCUT2D eigenvalue weighted by atomic mass is 9.95. The number of carboxylic acid groups (broad SMARTS) is 1. The van der Waals surface area contributed by atoms with E-state index in [0.29, 0.717) is 18.0 Å². The zero-order valence-corrected chi connectivity index (χ0v) is 19.4. The van der Waals surface area contributed by atoms with Gasteiger partial charge in [0, 0.05) is 68.7 Å². The highest BCUT2D eigenvalue weighted by Gasteiger charge is 2.38. The third-order valence-electron chi connectivity index (χ3n) is 5.80. The van der Waals surface area contributed by atoms with Gasteiger partial charge in [0.15, 0.2) is 0 Å². The molecule has 2 aromatic heterocycles. The minimum Gasteiger partial charge on any atom is -0.475 e. The fraction of sp³-hybridized carbons (Fsp3) is 0.522. The average molecular weight is 495 g/mol. The molecular weight excluding hydrogens is 465 g/mol. The van der Waals surface area contributed by atoms with E-state index < -0.39 is 12.1 Å². The molecule has 4 heterocycles. The van der Waals surface area contributed by atoms with Crippen LogP contribution in [-0.4, -0.2) is 64.3 Å². The lowest BCUT2D eigenvalue weighted by Gasteiger charge is -2.32. The molecule has 0 aromatic carbocycles. The van der Waals surface area contributed by atoms with E-state index in [1.165, 1.54) is 11.3 Å². The van der Waals surface area contributed by atoms with Crippen LogP contribution in [0.5, 0.6) is 0 Å². The normalized spacial score (nSPS) is 16.1. The molecule has 0 spiro atoms. The number of carbonyl (C=O) groups is 2. The van der Waals surface area contributed by atoms with E-state index in [-0.39, 0.29) is 5.91 Å². The highest BCUT2D eigenvalue weighted by atomic mass is 19.4. The summed E-state index contributed by atoms with van der Waals surface area (Å²) in [6, 6.07) is 3.81. The van der Waals surface area contributed by atoms with Crippen LogP contribution in [0.15, 0.2) is 24.5 Å². The Morgan fingerprint density at radius 2 is 1.91 bits per heavy atom. The third kappa shape index (κ3) is 7.35. The quantitative estimate of drug-likeness (QED) is 0.580. The van der Waals surface area contributed by atoms with Crippen molar-refractivity contribution in [3.8, 4) is 0 Å². The lowest BCUT2D eigenvalue weighted by molar-refractivity contribution is -0.192. The van der Waals surface area contributed by atoms with Crippen LogP contribution in [0.1, 0.15) is 59.5 Å². The van der Waals surface area contributed by atoms with E-state index in [1.807, 2.05) is 25.3 Å². The smallest absolute Gasteiger partial charge is 0.475 e. The highest BCUT2D eigenvalue weighted by Crippen LogP contribution is 2.28. The number of carboxylic acids is 1. The van der Waals surface area contributed by atoms with Crippen LogP contribution in [-0.2, 0) is 17.8 Å². The lowest BCUT2D eigenvalue weighted by Crippen LogP contribution is -2.34. The van der Waals surface area contributed by atoms with E-state index in [2.05, 4.69) is 25.5 Å². The van der Waals surface area contributed by atoms with Crippen LogP contribution in [0.4, 0.5) is 19.0 Å². The number of aromatic nitrogens is 3. The van der Waals surface area contributed by atoms with Gasteiger partial charge in [-0.25, -0.2) is 19.7 Å². The van der Waals surface area contributed by atoms with Crippen molar-refractivity contribution >= 4 is 17.7 Å². The van der Waals surface area contributed by atoms with Gasteiger partial charge in [-0.2, -0.15) is 13.2 Å². The Kier molecular flexibility index (Phi) is 8.96. The van der Waals surface area contributed by atoms with Crippen LogP contribution in [0.3, 0.4) is 0 Å². The molecule has 0 unspecified atom stereocenters. The van der Waals surface area contributed by atoms with Gasteiger partial charge in [0.2, 0.25) is 0 Å². The zero-order valence-electron chi connectivity index (χ0n) is 19.4. The van der Waals surface area contributed by atoms with Gasteiger partial charge in [0.1, 0.15) is 11.6 Å². The third-order valence-corrected chi connectivity index (χ3v) is 5.80. The minimum absolute atomic E-state index is 0.0561. The molecule has 4 rings (SSSR count). The molecule has 2 aliphatic heterocycles. The summed E-state index contributed by atoms with van der Waals surface area (Å²) in [5.41, 5.74) is 3.06. The molecule has 2 aromatic rings. The van der Waals surface area contributed by atoms with Gasteiger partial charge in [-0.15, -0.1) is 0 Å². The first kappa shape index (κ1) is 26.3. The van der Waals surface area contributed by atoms with Crippen LogP contribution < -0.4 is 15.5 Å². The number of nitrogens with zero attached hydrogens (tertiary/aromatic N) is 4. The molecule has 0 saturated carbocycles. The number of hydrogen-bond acceptors (Lipinski definition) is 7. The predicted molar refractivity (Wildman–Crippen MR) is 122 cm³/mol. The number of hydrogen-bond donors (Lipinski definition) is 3. The summed E-state index contributed by atoms with van der Waals surface area (Å²) in [6.45, 7) is 6.47. The number of aliphatic carboxylic acids is 1. The first-order valence-electron chi connectivity index (χ1n) is 11.5. The van der Waals surface area contributed by atoms with E-state index in [4.69, 9.17) is 14.9 Å². The SMILES string of the molecule is CCCNC(=O)c1ccc(N2CCC(c3ncc4c(n3)CCNC4)CC2)nc1.O=C(O)C(F)(F)F. The van der Waals surface area contributed by atoms with Gasteiger partial charge < -0.3 is 20.6 Å². The average Bonchev–Trinajstić information content (AvgIpc) is 2.87. The molecule has 2 aliphatic rings. The molecule has 3 N–H and O–H groups in total. The van der Waals surface area contributed by atoms with Crippen molar-refractivity contribution in [3.63, 3.8) is 0 Å². The Bertz CT molecular complexity index is 1010. The number of piperidine rings is 1. The van der Waals surface area contributed by atoms with Crippen molar-refractivity contribution in [1.82, 2.24) is 25.6 Å². The Labute approximate surface area is 201 Å². The van der Waals surface area contributed by atoms with E-state index >= 15 is 0 Å². The molecule has 0 atom stereocenters. The second kappa shape index (κ2) is 11.9. The molecule has 1 saturated heterocycles. The molecule has 0 aliphatic carbocycles. The minimum atomic E-state index is -5.08. The topological polar surface area (TPSA) is 120 Å². The van der Waals surface area contributed by atoms with Crippen molar-refractivity contribution < 1.29 is 27.9 Å². The fourth-order valence-corrected chi connectivity index (χ4v) is 3.86. The number of pyridine rings is 1. The first-order valence-corrected chi connectivity index (χ1v) is 11.5. The summed E-state index contributed by atoms with van der Waals surface area (Å²) in [7, 11) is 0. The molecule has 1 amide bonds. The zero-order chi connectivity index (χ0) is 25.4. The number of nitrogens with one attached hydrogen (secondary N) is 2. The standard InChI is InChI=1S/C21H28N6O.C2HF3O2/c1-2-8-23-21(28)16-3-4-19(24-13-16)27-10-6-15(7-11-27)20-25-14-17-12-22-9-5-18(17)26-20;3-2(4,5)1(6)7/h3-4,13-15,22H,2,5-12H2,1H3,(H,23,28);(H,6,7). The van der Waals surface area contributed by atoms with Crippen molar-refractivity contribution in [1.29, 1.82) is 0 Å². The van der Waals surface area contributed by atoms with E-state index in [9.17, 15) is 18.0 Å². The number of halogens is 3. The van der Waals surface area contributed by atoms with Crippen LogP contribution in [0.25, 0.3) is 0 Å². The molecule has 12 heteroatoms. The summed E-state index contributed by atoms with van der Waals surface area (Å²) in [6.07, 6.45) is 2.56. The molecular formula is C23H29F3N6O3. The van der Waals surface area contributed by atoms with Gasteiger partial charge in [-0.05, 0) is 31.4 Å². The molecule has 190 valence electrons. The number of anilines is 1. The van der Waals surface area contributed by atoms with Gasteiger partial charge in [-0.1, -0.05) is 6.92 Å². The maximum atomic E-state index is 12.0. The maximum Gasteiger partial charge on any atom is 0.490 e. The second-order valence-electron chi connectivity index (χ2n) is 8.35. The van der Waals surface area contributed by atoms with E-state index in [0.717, 1.165) is 63.5 Å². The molecule has 0 radical (unpaired) electrons. The largest absolute Gasteiger partial charge is 0.490 e. The molecule has 1 fully saturated rings. The van der Waals surface area contributed by atoms with Crippen molar-refractivity contribution in [2.45, 2.75) is 51.2 Å². The number of carbonyl (C=O) groups excluding carboxylic acids is 1. The highest BCUT2D eigenvalue weighted by molar-refractivity contribution is 5.94. The Balaban J connectivity index is 0.000000429. The first-order chi connectivity index (χ1) is 16.7. The van der Waals surface area contributed by atoms with Crippen LogP contribution in [0, 0.1) is 0 Å². The summed E-state index contributed by atoms with van der Waals surface area (Å²) in [5, 5.41) is 13.4.